The number of hydrogen-bond acceptors (Lipinski definition) is 10. The van der Waals surface area contributed by atoms with E-state index in [4.69, 9.17) is 19.0 Å². The van der Waals surface area contributed by atoms with Crippen molar-refractivity contribution in [1.29, 1.82) is 0 Å². The van der Waals surface area contributed by atoms with Crippen LogP contribution in [0.25, 0.3) is 0 Å². The van der Waals surface area contributed by atoms with Gasteiger partial charge >= 0.3 is 6.09 Å². The third-order valence-corrected chi connectivity index (χ3v) is 4.33. The fourth-order valence-electron chi connectivity index (χ4n) is 2.31. The van der Waals surface area contributed by atoms with Crippen molar-refractivity contribution in [3.63, 3.8) is 0 Å². The molecule has 0 saturated carbocycles. The van der Waals surface area contributed by atoms with Crippen molar-refractivity contribution in [3.05, 3.63) is 5.21 Å². The van der Waals surface area contributed by atoms with Crippen LogP contribution in [0.4, 0.5) is 4.79 Å². The van der Waals surface area contributed by atoms with E-state index in [1.807, 2.05) is 5.32 Å². The number of alkyl carbamates (subject to hydrolysis) is 1. The zero-order valence-corrected chi connectivity index (χ0v) is 15.0. The summed E-state index contributed by atoms with van der Waals surface area (Å²) in [5, 5.41) is 13.7. The molecule has 2 fully saturated rings. The van der Waals surface area contributed by atoms with Crippen LogP contribution in [-0.2, 0) is 33.4 Å². The number of carbonyl (C=O) groups is 4. The summed E-state index contributed by atoms with van der Waals surface area (Å²) < 4.78 is 14.5. The molecule has 2 aliphatic heterocycles. The van der Waals surface area contributed by atoms with Crippen LogP contribution in [0.3, 0.4) is 0 Å². The van der Waals surface area contributed by atoms with Crippen LogP contribution in [0.1, 0.15) is 26.7 Å². The number of nitrogens with one attached hydrogen (secondary N) is 1. The third kappa shape index (κ3) is 5.43. The quantitative estimate of drug-likeness (QED) is 0.211. The van der Waals surface area contributed by atoms with Crippen LogP contribution < -0.4 is 5.32 Å². The van der Waals surface area contributed by atoms with Gasteiger partial charge in [-0.05, 0) is 12.8 Å². The van der Waals surface area contributed by atoms with Crippen LogP contribution in [0, 0.1) is 10.6 Å². The first-order valence-corrected chi connectivity index (χ1v) is 8.48. The van der Waals surface area contributed by atoms with E-state index in [9.17, 15) is 24.4 Å². The van der Waals surface area contributed by atoms with Gasteiger partial charge in [-0.2, -0.15) is 10.3 Å². The lowest BCUT2D eigenvalue weighted by Gasteiger charge is -2.39. The number of imide groups is 2. The number of amides is 4. The predicted molar refractivity (Wildman–Crippen MR) is 86.1 cm³/mol. The van der Waals surface area contributed by atoms with Crippen molar-refractivity contribution >= 4 is 24.3 Å². The molecule has 4 amide bonds. The molecule has 2 rings (SSSR count). The van der Waals surface area contributed by atoms with Crippen LogP contribution >= 0.6 is 0 Å². The van der Waals surface area contributed by atoms with Crippen LogP contribution in [0.15, 0.2) is 0 Å². The maximum atomic E-state index is 12.8. The van der Waals surface area contributed by atoms with Gasteiger partial charge in [0.1, 0.15) is 24.2 Å². The Morgan fingerprint density at radius 3 is 2.22 bits per heavy atom. The second-order valence-electron chi connectivity index (χ2n) is 6.04. The number of hydrazine groups is 1. The highest BCUT2D eigenvalue weighted by atomic mass is 16.9. The van der Waals surface area contributed by atoms with E-state index in [0.29, 0.717) is 13.2 Å². The zero-order valence-electron chi connectivity index (χ0n) is 15.0. The molecule has 2 aliphatic rings. The fourth-order valence-corrected chi connectivity index (χ4v) is 2.31. The Hall–Kier alpha value is -2.12. The highest BCUT2D eigenvalue weighted by Crippen LogP contribution is 2.30. The Kier molecular flexibility index (Phi) is 7.21. The van der Waals surface area contributed by atoms with Gasteiger partial charge in [0.15, 0.2) is 0 Å². The van der Waals surface area contributed by atoms with Crippen LogP contribution in [0.5, 0.6) is 0 Å². The molecule has 0 radical (unpaired) electrons. The first-order chi connectivity index (χ1) is 12.9. The molecule has 0 aliphatic carbocycles. The molecule has 2 atom stereocenters. The van der Waals surface area contributed by atoms with Crippen molar-refractivity contribution in [2.45, 2.75) is 38.9 Å². The van der Waals surface area contributed by atoms with Crippen molar-refractivity contribution in [3.8, 4) is 0 Å². The zero-order chi connectivity index (χ0) is 20.0. The Labute approximate surface area is 155 Å². The summed E-state index contributed by atoms with van der Waals surface area (Å²) in [5.74, 6) is -2.10. The number of carbonyl (C=O) groups excluding carboxylic acids is 4. The van der Waals surface area contributed by atoms with E-state index in [0.717, 1.165) is 0 Å². The van der Waals surface area contributed by atoms with Crippen LogP contribution in [-0.4, -0.2) is 73.3 Å². The van der Waals surface area contributed by atoms with E-state index >= 15 is 0 Å². The number of ether oxygens (including phenoxy) is 3. The lowest BCUT2D eigenvalue weighted by molar-refractivity contribution is -0.240. The lowest BCUT2D eigenvalue weighted by atomic mass is 9.80. The van der Waals surface area contributed by atoms with Crippen molar-refractivity contribution in [1.82, 2.24) is 15.7 Å². The molecule has 0 aromatic carbocycles. The van der Waals surface area contributed by atoms with Gasteiger partial charge in [0.2, 0.25) is 12.3 Å². The maximum Gasteiger partial charge on any atom is 0.413 e. The second kappa shape index (κ2) is 9.19. The van der Waals surface area contributed by atoms with Gasteiger partial charge in [0, 0.05) is 0 Å². The van der Waals surface area contributed by atoms with Crippen molar-refractivity contribution in [2.24, 2.45) is 5.41 Å². The summed E-state index contributed by atoms with van der Waals surface area (Å²) in [6, 6.07) is 0. The lowest BCUT2D eigenvalue weighted by Crippen LogP contribution is -2.56. The van der Waals surface area contributed by atoms with Gasteiger partial charge in [0.05, 0.1) is 19.8 Å². The Balaban J connectivity index is 2.02. The minimum Gasteiger partial charge on any atom is -0.743 e. The summed E-state index contributed by atoms with van der Waals surface area (Å²) >= 11 is 0. The van der Waals surface area contributed by atoms with Crippen LogP contribution in [0.2, 0.25) is 0 Å². The minimum absolute atomic E-state index is 0.0236. The van der Waals surface area contributed by atoms with E-state index in [2.05, 4.69) is 0 Å². The highest BCUT2D eigenvalue weighted by molar-refractivity contribution is 6.10. The summed E-state index contributed by atoms with van der Waals surface area (Å²) in [4.78, 5) is 53.1. The van der Waals surface area contributed by atoms with Crippen molar-refractivity contribution in [2.75, 3.05) is 26.4 Å². The largest absolute Gasteiger partial charge is 0.743 e. The first-order valence-electron chi connectivity index (χ1n) is 8.48. The fraction of sp³-hybridized carbons (Fsp3) is 0.733. The first kappa shape index (κ1) is 21.2. The van der Waals surface area contributed by atoms with Gasteiger partial charge in [-0.25, -0.2) is 4.79 Å². The molecule has 0 spiro atoms. The summed E-state index contributed by atoms with van der Waals surface area (Å²) in [6.45, 7) is 3.74. The number of epoxide rings is 2. The normalized spacial score (nSPS) is 20.7. The third-order valence-electron chi connectivity index (χ3n) is 4.33. The predicted octanol–water partition coefficient (Wildman–Crippen LogP) is -0.525. The molecule has 12 heteroatoms. The Bertz CT molecular complexity index is 573. The van der Waals surface area contributed by atoms with E-state index in [1.165, 1.54) is 13.8 Å². The molecule has 0 aromatic rings. The smallest absolute Gasteiger partial charge is 0.413 e. The highest BCUT2D eigenvalue weighted by Gasteiger charge is 2.47. The van der Waals surface area contributed by atoms with E-state index in [1.54, 1.807) is 0 Å². The monoisotopic (exact) mass is 388 g/mol. The van der Waals surface area contributed by atoms with E-state index in [-0.39, 0.29) is 55.0 Å². The average Bonchev–Trinajstić information content (AvgIpc) is 3.55. The molecule has 0 bridgehead atoms. The molecule has 152 valence electrons. The Morgan fingerprint density at radius 2 is 1.74 bits per heavy atom. The second-order valence-corrected chi connectivity index (χ2v) is 6.04. The summed E-state index contributed by atoms with van der Waals surface area (Å²) in [7, 11) is 0. The molecule has 1 N–H and O–H groups in total. The number of rotatable bonds is 11. The number of nitrogens with zero attached hydrogens (tertiary/aromatic N) is 2. The van der Waals surface area contributed by atoms with Crippen molar-refractivity contribution < 1.29 is 38.2 Å². The molecule has 2 saturated heterocycles. The summed E-state index contributed by atoms with van der Waals surface area (Å²) in [5.41, 5.74) is -1.84. The average molecular weight is 388 g/mol. The van der Waals surface area contributed by atoms with Gasteiger partial charge in [-0.3, -0.25) is 24.5 Å². The van der Waals surface area contributed by atoms with Gasteiger partial charge in [-0.1, -0.05) is 13.8 Å². The summed E-state index contributed by atoms with van der Waals surface area (Å²) in [6.07, 6.45) is -1.72. The molecular formula is C15H22N3O9-. The molecule has 2 unspecified atom stereocenters. The van der Waals surface area contributed by atoms with Gasteiger partial charge < -0.3 is 19.4 Å². The molecule has 0 aromatic heterocycles. The molecular weight excluding hydrogens is 366 g/mol. The number of hydrogen-bond donors (Lipinski definition) is 1. The molecule has 27 heavy (non-hydrogen) atoms. The maximum absolute atomic E-state index is 12.8. The topological polar surface area (TPSA) is 153 Å². The minimum atomic E-state index is -1.84. The van der Waals surface area contributed by atoms with Gasteiger partial charge in [0.25, 0.3) is 5.91 Å². The molecule has 2 heterocycles. The molecule has 12 nitrogen and oxygen atoms in total. The van der Waals surface area contributed by atoms with E-state index < -0.39 is 23.3 Å². The SMILES string of the molecule is CCC(CC)(C(=O)NC(=O)OCC1CO1)C(=O)N(C=O)N([O-])OCC1CO1. The standard InChI is InChI=1S/C15H22N3O9/c1-3-15(4-2,12(20)16-14(22)26-7-10-5-24-10)13(21)17(9-19)18(23)27-8-11-6-25-11/h9-11H,3-8H2,1-2H3,(H,16,20,22)/q-1. The Morgan fingerprint density at radius 1 is 1.19 bits per heavy atom. The van der Waals surface area contributed by atoms with Gasteiger partial charge in [-0.15, -0.1) is 0 Å².